The molecule has 2 rings (SSSR count). The van der Waals surface area contributed by atoms with E-state index in [9.17, 15) is 9.59 Å². The van der Waals surface area contributed by atoms with Crippen molar-refractivity contribution in [2.75, 3.05) is 396 Å². The van der Waals surface area contributed by atoms with Crippen molar-refractivity contribution in [1.82, 2.24) is 0 Å². The highest BCUT2D eigenvalue weighted by molar-refractivity contribution is 5.79. The molecule has 2 aromatic carbocycles. The molecule has 0 saturated carbocycles. The Morgan fingerprint density at radius 1 is 0.215 bits per heavy atom. The Morgan fingerprint density at radius 2 is 0.415 bits per heavy atom. The number of ether oxygens (including phenoxy) is 31. The van der Waals surface area contributed by atoms with Crippen LogP contribution in [0.4, 0.5) is 0 Å². The molecule has 0 aliphatic carbocycles. The molecule has 794 valence electrons. The summed E-state index contributed by atoms with van der Waals surface area (Å²) in [6.45, 7) is 62.9. The van der Waals surface area contributed by atoms with Gasteiger partial charge in [0.05, 0.1) is 396 Å². The summed E-state index contributed by atoms with van der Waals surface area (Å²) < 4.78 is 171. The van der Waals surface area contributed by atoms with E-state index in [2.05, 4.69) is 135 Å². The summed E-state index contributed by atoms with van der Waals surface area (Å²) in [6.07, 6.45) is 2.00. The van der Waals surface area contributed by atoms with Crippen molar-refractivity contribution in [2.45, 2.75) is 158 Å². The maximum Gasteiger partial charge on any atom is 0.311 e. The number of carbonyl (C=O) groups excluding carboxylic acids is 2. The van der Waals surface area contributed by atoms with Gasteiger partial charge in [-0.1, -0.05) is 135 Å². The standard InChI is InChI=1S/C56H106O18.C44H78O17/c1-53(2,3)48-55(7,8)50-11-12-52(51(47-50)56(9,10)49-54(4,5)6)74-46-45-73-44-43-72-42-41-71-40-39-70-38-37-69-36-35-68-34-33-67-32-31-66-30-29-65-28-27-64-26-25-63-24-23-62-22-21-61-20-19-60-18-17-59-16-15-58-14-13-57;1-43(2,3)38-7-8-40(39(37-38)44(4,5)6)61-42(47)10-9-41(46)60-36-35-59-34-33-58-32-31-57-30-29-56-28-27-55-26-25-54-24-23-53-22-21-52-20-19-51-18-17-50-16-15-49-14-13-48-12-11-45/h11-12,47,57H,13-46,48-49H2,1-10H3;7-8,37,45H,9-36H2,1-6H3. The first-order valence-electron chi connectivity index (χ1n) is 48.7. The summed E-state index contributed by atoms with van der Waals surface area (Å²) in [4.78, 5) is 24.6. The van der Waals surface area contributed by atoms with Crippen molar-refractivity contribution in [3.05, 3.63) is 58.7 Å². The summed E-state index contributed by atoms with van der Waals surface area (Å²) in [5.74, 6) is 0.497. The maximum atomic E-state index is 12.5. The zero-order chi connectivity index (χ0) is 99.0. The summed E-state index contributed by atoms with van der Waals surface area (Å²) in [7, 11) is 0. The predicted octanol–water partition coefficient (Wildman–Crippen LogP) is 10.5. The predicted molar refractivity (Wildman–Crippen MR) is 513 cm³/mol. The second-order valence-corrected chi connectivity index (χ2v) is 36.8. The highest BCUT2D eigenvalue weighted by Gasteiger charge is 2.34. The van der Waals surface area contributed by atoms with Crippen molar-refractivity contribution >= 4 is 11.9 Å². The van der Waals surface area contributed by atoms with Gasteiger partial charge in [0.15, 0.2) is 0 Å². The van der Waals surface area contributed by atoms with E-state index in [1.54, 1.807) is 0 Å². The first-order valence-corrected chi connectivity index (χ1v) is 48.7. The molecule has 0 aromatic heterocycles. The number of carbonyl (C=O) groups is 2. The number of aliphatic hydroxyl groups is 2. The third-order valence-corrected chi connectivity index (χ3v) is 19.0. The van der Waals surface area contributed by atoms with Crippen LogP contribution in [0.25, 0.3) is 0 Å². The van der Waals surface area contributed by atoms with Crippen LogP contribution in [0.5, 0.6) is 11.5 Å². The molecule has 0 unspecified atom stereocenters. The van der Waals surface area contributed by atoms with Crippen molar-refractivity contribution in [2.24, 2.45) is 10.8 Å². The molecule has 0 atom stereocenters. The molecular weight excluding hydrogens is 1760 g/mol. The molecule has 135 heavy (non-hydrogen) atoms. The van der Waals surface area contributed by atoms with Gasteiger partial charge in [0.25, 0.3) is 0 Å². The average Bonchev–Trinajstić information content (AvgIpc) is 0.785. The third-order valence-electron chi connectivity index (χ3n) is 19.0. The van der Waals surface area contributed by atoms with Gasteiger partial charge in [-0.05, 0) is 68.6 Å². The maximum absolute atomic E-state index is 12.5. The van der Waals surface area contributed by atoms with Crippen LogP contribution in [-0.4, -0.2) is 419 Å². The molecule has 0 heterocycles. The highest BCUT2D eigenvalue weighted by Crippen LogP contribution is 2.44. The van der Waals surface area contributed by atoms with E-state index >= 15 is 0 Å². The van der Waals surface area contributed by atoms with E-state index in [0.29, 0.717) is 376 Å². The number of benzene rings is 2. The first-order chi connectivity index (χ1) is 65.0. The number of rotatable bonds is 97. The van der Waals surface area contributed by atoms with Gasteiger partial charge in [-0.15, -0.1) is 0 Å². The van der Waals surface area contributed by atoms with Crippen LogP contribution in [0.1, 0.15) is 159 Å². The van der Waals surface area contributed by atoms with Gasteiger partial charge in [0.1, 0.15) is 24.7 Å². The van der Waals surface area contributed by atoms with Gasteiger partial charge in [-0.25, -0.2) is 0 Å². The largest absolute Gasteiger partial charge is 0.491 e. The van der Waals surface area contributed by atoms with Crippen LogP contribution in [0.3, 0.4) is 0 Å². The quantitative estimate of drug-likeness (QED) is 0.0353. The first kappa shape index (κ1) is 129. The SMILES string of the molecule is CC(C)(C)CC(C)(C)c1ccc(OCCOCCOCCOCCOCCOCCOCCOCCOCCOCCOCCOCCOCCOCCOCCOCCOCCO)c(C(C)(C)CC(C)(C)C)c1.CC(C)(C)c1ccc(OC(=O)CCC(=O)OCCOCCOCCOCCOCCOCCOCCOCCOCCOCCOCCOCCOCCO)c(C(C)(C)C)c1. The van der Waals surface area contributed by atoms with E-state index in [1.165, 1.54) is 11.1 Å². The normalized spacial score (nSPS) is 12.3. The molecule has 0 fully saturated rings. The molecule has 0 bridgehead atoms. The molecule has 0 aliphatic rings. The lowest BCUT2D eigenvalue weighted by Crippen LogP contribution is -2.28. The molecule has 0 saturated heterocycles. The van der Waals surface area contributed by atoms with Crippen molar-refractivity contribution in [1.29, 1.82) is 0 Å². The highest BCUT2D eigenvalue weighted by atomic mass is 16.6. The van der Waals surface area contributed by atoms with Gasteiger partial charge in [0.2, 0.25) is 0 Å². The number of aliphatic hydroxyl groups excluding tert-OH is 2. The number of esters is 2. The second kappa shape index (κ2) is 87.7. The lowest BCUT2D eigenvalue weighted by Gasteiger charge is -2.37. The fourth-order valence-electron chi connectivity index (χ4n) is 13.1. The van der Waals surface area contributed by atoms with Crippen LogP contribution in [0.15, 0.2) is 36.4 Å². The summed E-state index contributed by atoms with van der Waals surface area (Å²) in [5.41, 5.74) is 4.91. The van der Waals surface area contributed by atoms with Crippen LogP contribution in [-0.2, 0) is 169 Å². The summed E-state index contributed by atoms with van der Waals surface area (Å²) >= 11 is 0. The Hall–Kier alpha value is -4.02. The van der Waals surface area contributed by atoms with Gasteiger partial charge < -0.3 is 157 Å². The van der Waals surface area contributed by atoms with E-state index in [0.717, 1.165) is 29.7 Å². The van der Waals surface area contributed by atoms with E-state index in [1.807, 2.05) is 12.1 Å². The minimum Gasteiger partial charge on any atom is -0.491 e. The smallest absolute Gasteiger partial charge is 0.311 e. The zero-order valence-electron chi connectivity index (χ0n) is 86.1. The van der Waals surface area contributed by atoms with Crippen molar-refractivity contribution in [3.8, 4) is 11.5 Å². The van der Waals surface area contributed by atoms with E-state index in [-0.39, 0.29) is 71.8 Å². The molecule has 0 amide bonds. The molecule has 35 heteroatoms. The van der Waals surface area contributed by atoms with Crippen LogP contribution >= 0.6 is 0 Å². The van der Waals surface area contributed by atoms with Crippen LogP contribution < -0.4 is 9.47 Å². The molecule has 0 aliphatic heterocycles. The monoisotopic (exact) mass is 1950 g/mol. The van der Waals surface area contributed by atoms with E-state index < -0.39 is 11.9 Å². The third kappa shape index (κ3) is 84.2. The van der Waals surface area contributed by atoms with Crippen molar-refractivity contribution in [3.63, 3.8) is 0 Å². The number of hydrogen-bond acceptors (Lipinski definition) is 35. The summed E-state index contributed by atoms with van der Waals surface area (Å²) in [5, 5.41) is 17.2. The molecule has 2 N–H and O–H groups in total. The Labute approximate surface area is 810 Å². The minimum absolute atomic E-state index is 0.0166. The van der Waals surface area contributed by atoms with Gasteiger partial charge >= 0.3 is 11.9 Å². The molecule has 0 radical (unpaired) electrons. The molecular formula is C100H184O35. The Kier molecular flexibility index (Phi) is 83.8. The number of hydrogen-bond donors (Lipinski definition) is 2. The lowest BCUT2D eigenvalue weighted by molar-refractivity contribution is -0.148. The van der Waals surface area contributed by atoms with Crippen LogP contribution in [0.2, 0.25) is 0 Å². The second-order valence-electron chi connectivity index (χ2n) is 36.8. The fourth-order valence-corrected chi connectivity index (χ4v) is 13.1. The average molecular weight is 1950 g/mol. The Morgan fingerprint density at radius 3 is 0.644 bits per heavy atom. The van der Waals surface area contributed by atoms with Gasteiger partial charge in [-0.3, -0.25) is 9.59 Å². The minimum atomic E-state index is -0.483. The molecule has 2 aromatic rings. The topological polar surface area (TPSA) is 361 Å². The molecule has 35 nitrogen and oxygen atoms in total. The summed E-state index contributed by atoms with van der Waals surface area (Å²) in [6, 6.07) is 12.7. The van der Waals surface area contributed by atoms with Gasteiger partial charge in [-0.2, -0.15) is 0 Å². The Balaban J connectivity index is 0.00000138. The molecule has 0 spiro atoms. The lowest BCUT2D eigenvalue weighted by atomic mass is 9.68. The van der Waals surface area contributed by atoms with E-state index in [4.69, 9.17) is 157 Å². The van der Waals surface area contributed by atoms with Gasteiger partial charge in [0, 0.05) is 11.1 Å². The zero-order valence-corrected chi connectivity index (χ0v) is 86.1. The van der Waals surface area contributed by atoms with Crippen LogP contribution in [0, 0.1) is 10.8 Å². The Bertz CT molecular complexity index is 2940. The fraction of sp³-hybridized carbons (Fsp3) is 0.860. The van der Waals surface area contributed by atoms with Crippen molar-refractivity contribution < 1.29 is 167 Å².